The van der Waals surface area contributed by atoms with Crippen LogP contribution in [0.1, 0.15) is 27.2 Å². The van der Waals surface area contributed by atoms with Gasteiger partial charge < -0.3 is 5.32 Å². The van der Waals surface area contributed by atoms with Gasteiger partial charge >= 0.3 is 0 Å². The monoisotopic (exact) mass is 429 g/mol. The largest absolute Gasteiger partial charge is 0.346 e. The van der Waals surface area contributed by atoms with Gasteiger partial charge in [-0.3, -0.25) is 24.7 Å². The number of hydrogen-bond donors (Lipinski definition) is 1. The first-order valence-corrected chi connectivity index (χ1v) is 9.85. The van der Waals surface area contributed by atoms with E-state index in [1.807, 2.05) is 6.07 Å². The molecule has 0 saturated heterocycles. The van der Waals surface area contributed by atoms with Gasteiger partial charge in [-0.25, -0.2) is 4.68 Å². The summed E-state index contributed by atoms with van der Waals surface area (Å²) in [6.45, 7) is 1.90. The van der Waals surface area contributed by atoms with Crippen LogP contribution in [0.15, 0.2) is 71.8 Å². The van der Waals surface area contributed by atoms with Crippen molar-refractivity contribution in [1.29, 1.82) is 0 Å². The molecular formula is C23H19N5O4. The van der Waals surface area contributed by atoms with Crippen LogP contribution in [0.2, 0.25) is 0 Å². The fourth-order valence-electron chi connectivity index (χ4n) is 3.42. The Kier molecular flexibility index (Phi) is 5.71. The third-order valence-electron chi connectivity index (χ3n) is 5.08. The highest BCUT2D eigenvalue weighted by Crippen LogP contribution is 2.19. The van der Waals surface area contributed by atoms with Crippen LogP contribution in [0.5, 0.6) is 0 Å². The lowest BCUT2D eigenvalue weighted by molar-refractivity contribution is -0.385. The van der Waals surface area contributed by atoms with Crippen molar-refractivity contribution in [3.63, 3.8) is 0 Å². The molecule has 9 heteroatoms. The quantitative estimate of drug-likeness (QED) is 0.372. The van der Waals surface area contributed by atoms with Crippen LogP contribution in [-0.4, -0.2) is 25.6 Å². The maximum absolute atomic E-state index is 12.9. The van der Waals surface area contributed by atoms with Gasteiger partial charge in [0.15, 0.2) is 0 Å². The standard InChI is InChI=1S/C23H19N5O4/c1-15-8-9-17(11-21(15)28(31)32)22(29)25-13-20-18-6-2-3-7-19(18)23(30)27(26-20)14-16-5-4-10-24-12-16/h2-12H,13-14H2,1H3,(H,25,29). The van der Waals surface area contributed by atoms with Crippen molar-refractivity contribution in [1.82, 2.24) is 20.1 Å². The molecule has 0 atom stereocenters. The molecule has 2 heterocycles. The molecule has 0 aliphatic rings. The fraction of sp³-hybridized carbons (Fsp3) is 0.130. The molecule has 0 radical (unpaired) electrons. The number of nitro benzene ring substituents is 1. The van der Waals surface area contributed by atoms with Gasteiger partial charge in [-0.05, 0) is 30.7 Å². The predicted octanol–water partition coefficient (Wildman–Crippen LogP) is 2.99. The first-order chi connectivity index (χ1) is 15.4. The highest BCUT2D eigenvalue weighted by atomic mass is 16.6. The molecule has 9 nitrogen and oxygen atoms in total. The fourth-order valence-corrected chi connectivity index (χ4v) is 3.42. The molecule has 0 saturated carbocycles. The lowest BCUT2D eigenvalue weighted by atomic mass is 10.1. The Morgan fingerprint density at radius 1 is 1.12 bits per heavy atom. The van der Waals surface area contributed by atoms with E-state index in [0.29, 0.717) is 22.0 Å². The first-order valence-electron chi connectivity index (χ1n) is 9.85. The average molecular weight is 429 g/mol. The van der Waals surface area contributed by atoms with E-state index in [-0.39, 0.29) is 29.9 Å². The van der Waals surface area contributed by atoms with Crippen molar-refractivity contribution in [3.8, 4) is 0 Å². The van der Waals surface area contributed by atoms with Crippen LogP contribution in [0.3, 0.4) is 0 Å². The summed E-state index contributed by atoms with van der Waals surface area (Å²) in [5.74, 6) is -0.469. The summed E-state index contributed by atoms with van der Waals surface area (Å²) in [4.78, 5) is 40.3. The zero-order valence-corrected chi connectivity index (χ0v) is 17.2. The Labute approximate surface area is 182 Å². The van der Waals surface area contributed by atoms with E-state index < -0.39 is 10.8 Å². The molecule has 32 heavy (non-hydrogen) atoms. The van der Waals surface area contributed by atoms with Crippen LogP contribution in [0.4, 0.5) is 5.69 Å². The van der Waals surface area contributed by atoms with E-state index in [1.54, 1.807) is 49.6 Å². The van der Waals surface area contributed by atoms with Crippen LogP contribution < -0.4 is 10.9 Å². The number of nitrogens with one attached hydrogen (secondary N) is 1. The molecule has 1 amide bonds. The zero-order chi connectivity index (χ0) is 22.7. The van der Waals surface area contributed by atoms with Gasteiger partial charge in [-0.2, -0.15) is 5.10 Å². The number of aromatic nitrogens is 3. The van der Waals surface area contributed by atoms with E-state index >= 15 is 0 Å². The number of nitrogens with zero attached hydrogens (tertiary/aromatic N) is 4. The summed E-state index contributed by atoms with van der Waals surface area (Å²) in [7, 11) is 0. The Morgan fingerprint density at radius 3 is 2.62 bits per heavy atom. The Morgan fingerprint density at radius 2 is 1.91 bits per heavy atom. The molecule has 0 spiro atoms. The molecule has 0 bridgehead atoms. The SMILES string of the molecule is Cc1ccc(C(=O)NCc2nn(Cc3cccnc3)c(=O)c3ccccc23)cc1[N+](=O)[O-]. The number of amides is 1. The molecule has 0 aliphatic heterocycles. The molecule has 4 aromatic rings. The minimum Gasteiger partial charge on any atom is -0.346 e. The smallest absolute Gasteiger partial charge is 0.274 e. The van der Waals surface area contributed by atoms with E-state index in [4.69, 9.17) is 0 Å². The van der Waals surface area contributed by atoms with E-state index in [9.17, 15) is 19.7 Å². The summed E-state index contributed by atoms with van der Waals surface area (Å²) < 4.78 is 1.34. The van der Waals surface area contributed by atoms with Crippen molar-refractivity contribution >= 4 is 22.4 Å². The summed E-state index contributed by atoms with van der Waals surface area (Å²) in [6.07, 6.45) is 3.31. The molecule has 4 rings (SSSR count). The molecular weight excluding hydrogens is 410 g/mol. The molecule has 0 unspecified atom stereocenters. The average Bonchev–Trinajstić information content (AvgIpc) is 2.80. The maximum atomic E-state index is 12.9. The zero-order valence-electron chi connectivity index (χ0n) is 17.2. The van der Waals surface area contributed by atoms with Gasteiger partial charge in [0.05, 0.1) is 29.1 Å². The van der Waals surface area contributed by atoms with Crippen molar-refractivity contribution < 1.29 is 9.72 Å². The summed E-state index contributed by atoms with van der Waals surface area (Å²) in [5.41, 5.74) is 1.62. The number of carbonyl (C=O) groups excluding carboxylic acids is 1. The molecule has 160 valence electrons. The highest BCUT2D eigenvalue weighted by molar-refractivity contribution is 5.95. The van der Waals surface area contributed by atoms with Gasteiger partial charge in [0.1, 0.15) is 0 Å². The van der Waals surface area contributed by atoms with Crippen molar-refractivity contribution in [3.05, 3.63) is 110 Å². The number of rotatable bonds is 6. The lowest BCUT2D eigenvalue weighted by Gasteiger charge is -2.12. The Bertz CT molecular complexity index is 1380. The van der Waals surface area contributed by atoms with Crippen LogP contribution in [0.25, 0.3) is 10.8 Å². The van der Waals surface area contributed by atoms with Crippen molar-refractivity contribution in [2.45, 2.75) is 20.0 Å². The third kappa shape index (κ3) is 4.22. The number of benzene rings is 2. The molecule has 2 aromatic heterocycles. The number of hydrogen-bond acceptors (Lipinski definition) is 6. The van der Waals surface area contributed by atoms with Gasteiger partial charge in [0, 0.05) is 35.0 Å². The minimum atomic E-state index is -0.518. The van der Waals surface area contributed by atoms with Crippen LogP contribution in [-0.2, 0) is 13.1 Å². The Balaban J connectivity index is 1.65. The van der Waals surface area contributed by atoms with E-state index in [2.05, 4.69) is 15.4 Å². The molecule has 2 aromatic carbocycles. The number of nitro groups is 1. The third-order valence-corrected chi connectivity index (χ3v) is 5.08. The van der Waals surface area contributed by atoms with Gasteiger partial charge in [-0.1, -0.05) is 30.3 Å². The number of carbonyl (C=O) groups is 1. The van der Waals surface area contributed by atoms with Crippen LogP contribution >= 0.6 is 0 Å². The van der Waals surface area contributed by atoms with Gasteiger partial charge in [-0.15, -0.1) is 0 Å². The number of fused-ring (bicyclic) bond motifs is 1. The second-order valence-corrected chi connectivity index (χ2v) is 7.26. The molecule has 0 fully saturated rings. The maximum Gasteiger partial charge on any atom is 0.274 e. The molecule has 0 aliphatic carbocycles. The predicted molar refractivity (Wildman–Crippen MR) is 118 cm³/mol. The van der Waals surface area contributed by atoms with Gasteiger partial charge in [0.2, 0.25) is 0 Å². The van der Waals surface area contributed by atoms with Crippen molar-refractivity contribution in [2.75, 3.05) is 0 Å². The summed E-state index contributed by atoms with van der Waals surface area (Å²) >= 11 is 0. The van der Waals surface area contributed by atoms with Gasteiger partial charge in [0.25, 0.3) is 17.2 Å². The van der Waals surface area contributed by atoms with E-state index in [1.165, 1.54) is 22.9 Å². The van der Waals surface area contributed by atoms with Crippen molar-refractivity contribution in [2.24, 2.45) is 0 Å². The lowest BCUT2D eigenvalue weighted by Crippen LogP contribution is -2.29. The number of pyridine rings is 1. The summed E-state index contributed by atoms with van der Waals surface area (Å²) in [5, 5.41) is 19.5. The topological polar surface area (TPSA) is 120 Å². The summed E-state index contributed by atoms with van der Waals surface area (Å²) in [6, 6.07) is 15.0. The first kappa shape index (κ1) is 20.9. The normalized spacial score (nSPS) is 10.8. The highest BCUT2D eigenvalue weighted by Gasteiger charge is 2.16. The minimum absolute atomic E-state index is 0.0499. The number of aryl methyl sites for hydroxylation is 1. The second kappa shape index (κ2) is 8.76. The van der Waals surface area contributed by atoms with Crippen LogP contribution in [0, 0.1) is 17.0 Å². The van der Waals surface area contributed by atoms with E-state index in [0.717, 1.165) is 5.56 Å². The Hall–Kier alpha value is -4.40. The second-order valence-electron chi connectivity index (χ2n) is 7.26. The molecule has 1 N–H and O–H groups in total.